The molecule has 0 spiro atoms. The topological polar surface area (TPSA) is 46.1 Å². The molecule has 1 aliphatic rings. The number of likely N-dealkylation sites (N-methyl/N-ethyl adjacent to an activating group) is 1. The lowest BCUT2D eigenvalue weighted by atomic mass is 10.0. The van der Waals surface area contributed by atoms with Crippen LogP contribution in [-0.2, 0) is 0 Å². The van der Waals surface area contributed by atoms with Crippen LogP contribution in [0.25, 0.3) is 5.70 Å². The number of nitrogens with zero attached hydrogens (tertiary/aromatic N) is 2. The maximum atomic E-state index is 5.46. The van der Waals surface area contributed by atoms with E-state index in [1.54, 1.807) is 14.2 Å². The van der Waals surface area contributed by atoms with Crippen LogP contribution in [0.4, 0.5) is 5.69 Å². The Labute approximate surface area is 167 Å². The fourth-order valence-electron chi connectivity index (χ4n) is 3.54. The first-order valence-electron chi connectivity index (χ1n) is 9.44. The van der Waals surface area contributed by atoms with Gasteiger partial charge in [-0.05, 0) is 57.0 Å². The monoisotopic (exact) mass is 379 g/mol. The Balaban J connectivity index is 2.07. The summed E-state index contributed by atoms with van der Waals surface area (Å²) in [6.45, 7) is 8.47. The molecule has 148 valence electrons. The average molecular weight is 380 g/mol. The Morgan fingerprint density at radius 1 is 0.964 bits per heavy atom. The van der Waals surface area contributed by atoms with Crippen LogP contribution in [0.2, 0.25) is 0 Å². The van der Waals surface area contributed by atoms with Crippen LogP contribution < -0.4 is 14.8 Å². The minimum Gasteiger partial charge on any atom is -0.493 e. The zero-order chi connectivity index (χ0) is 20.4. The Kier molecular flexibility index (Phi) is 5.63. The van der Waals surface area contributed by atoms with Crippen molar-refractivity contribution >= 4 is 17.2 Å². The second-order valence-corrected chi connectivity index (χ2v) is 7.28. The number of hydrogen-bond donors (Lipinski definition) is 1. The van der Waals surface area contributed by atoms with Crippen LogP contribution in [0.5, 0.6) is 11.5 Å². The fourth-order valence-corrected chi connectivity index (χ4v) is 3.54. The molecule has 28 heavy (non-hydrogen) atoms. The highest BCUT2D eigenvalue weighted by Gasteiger charge is 2.22. The lowest BCUT2D eigenvalue weighted by molar-refractivity contribution is 0.353. The van der Waals surface area contributed by atoms with Gasteiger partial charge in [0.15, 0.2) is 11.5 Å². The molecule has 1 N–H and O–H groups in total. The van der Waals surface area contributed by atoms with Crippen molar-refractivity contribution in [3.63, 3.8) is 0 Å². The molecular formula is C23H29N3O2. The molecule has 1 unspecified atom stereocenters. The van der Waals surface area contributed by atoms with Gasteiger partial charge in [0.2, 0.25) is 0 Å². The number of hydrogen-bond acceptors (Lipinski definition) is 4. The highest BCUT2D eigenvalue weighted by atomic mass is 16.5. The fraction of sp³-hybridized carbons (Fsp3) is 0.348. The average Bonchev–Trinajstić information content (AvgIpc) is 2.66. The summed E-state index contributed by atoms with van der Waals surface area (Å²) in [6.07, 6.45) is 2.19. The number of rotatable bonds is 4. The van der Waals surface area contributed by atoms with Crippen LogP contribution in [0.15, 0.2) is 41.4 Å². The molecule has 0 aromatic heterocycles. The summed E-state index contributed by atoms with van der Waals surface area (Å²) in [5.41, 5.74) is 6.70. The second kappa shape index (κ2) is 7.97. The third kappa shape index (κ3) is 3.84. The van der Waals surface area contributed by atoms with E-state index in [1.807, 2.05) is 18.2 Å². The van der Waals surface area contributed by atoms with Crippen LogP contribution >= 0.6 is 0 Å². The van der Waals surface area contributed by atoms with Gasteiger partial charge in [-0.1, -0.05) is 17.7 Å². The first-order chi connectivity index (χ1) is 13.3. The van der Waals surface area contributed by atoms with E-state index < -0.39 is 0 Å². The minimum atomic E-state index is 0.109. The summed E-state index contributed by atoms with van der Waals surface area (Å²) >= 11 is 0. The smallest absolute Gasteiger partial charge is 0.161 e. The first-order valence-corrected chi connectivity index (χ1v) is 9.44. The first kappa shape index (κ1) is 19.8. The molecule has 1 heterocycles. The van der Waals surface area contributed by atoms with Gasteiger partial charge in [0.1, 0.15) is 5.84 Å². The third-order valence-corrected chi connectivity index (χ3v) is 5.14. The molecule has 0 saturated carbocycles. The van der Waals surface area contributed by atoms with Crippen molar-refractivity contribution in [2.75, 3.05) is 21.3 Å². The van der Waals surface area contributed by atoms with Gasteiger partial charge in [-0.25, -0.2) is 4.99 Å². The number of aryl methyl sites for hydroxylation is 3. The highest BCUT2D eigenvalue weighted by molar-refractivity contribution is 6.02. The number of amidine groups is 1. The van der Waals surface area contributed by atoms with Crippen LogP contribution in [-0.4, -0.2) is 38.2 Å². The molecule has 1 atom stereocenters. The van der Waals surface area contributed by atoms with Crippen molar-refractivity contribution in [2.45, 2.75) is 33.9 Å². The van der Waals surface area contributed by atoms with Gasteiger partial charge in [-0.15, -0.1) is 0 Å². The SMILES string of the molecule is COc1ccc(C2=C/C(=N/c3c(C)cc(C)cc3C)N(C)C(C)N2)cc1OC. The molecule has 3 rings (SSSR count). The van der Waals surface area contributed by atoms with E-state index in [1.165, 1.54) is 16.7 Å². The lowest BCUT2D eigenvalue weighted by Crippen LogP contribution is -2.47. The van der Waals surface area contributed by atoms with Gasteiger partial charge in [0.05, 0.1) is 26.1 Å². The van der Waals surface area contributed by atoms with Crippen molar-refractivity contribution < 1.29 is 9.47 Å². The predicted molar refractivity (Wildman–Crippen MR) is 116 cm³/mol. The standard InChI is InChI=1S/C23H29N3O2/c1-14-10-15(2)23(16(3)11-14)25-22-13-19(24-17(4)26(22)5)18-8-9-20(27-6)21(12-18)28-7/h8-13,17,24H,1-7H3/b25-22-. The molecule has 5 heteroatoms. The van der Waals surface area contributed by atoms with Gasteiger partial charge in [-0.3, -0.25) is 0 Å². The van der Waals surface area contributed by atoms with E-state index in [0.29, 0.717) is 11.5 Å². The summed E-state index contributed by atoms with van der Waals surface area (Å²) in [5.74, 6) is 2.34. The number of ether oxygens (including phenoxy) is 2. The van der Waals surface area contributed by atoms with Crippen molar-refractivity contribution in [1.82, 2.24) is 10.2 Å². The molecule has 0 aliphatic carbocycles. The van der Waals surface area contributed by atoms with Crippen molar-refractivity contribution in [3.05, 3.63) is 58.7 Å². The molecule has 0 saturated heterocycles. The van der Waals surface area contributed by atoms with E-state index in [9.17, 15) is 0 Å². The predicted octanol–water partition coefficient (Wildman–Crippen LogP) is 4.58. The van der Waals surface area contributed by atoms with E-state index in [4.69, 9.17) is 14.5 Å². The van der Waals surface area contributed by atoms with Gasteiger partial charge in [0, 0.05) is 24.4 Å². The molecule has 5 nitrogen and oxygen atoms in total. The summed E-state index contributed by atoms with van der Waals surface area (Å²) in [7, 11) is 5.34. The number of benzene rings is 2. The zero-order valence-corrected chi connectivity index (χ0v) is 17.8. The Morgan fingerprint density at radius 3 is 2.21 bits per heavy atom. The highest BCUT2D eigenvalue weighted by Crippen LogP contribution is 2.31. The van der Waals surface area contributed by atoms with E-state index in [0.717, 1.165) is 22.8 Å². The van der Waals surface area contributed by atoms with Crippen molar-refractivity contribution in [1.29, 1.82) is 0 Å². The Bertz CT molecular complexity index is 924. The molecule has 0 amide bonds. The summed E-state index contributed by atoms with van der Waals surface area (Å²) < 4.78 is 10.8. The quantitative estimate of drug-likeness (QED) is 0.845. The summed E-state index contributed by atoms with van der Waals surface area (Å²) in [4.78, 5) is 7.15. The van der Waals surface area contributed by atoms with Gasteiger partial charge < -0.3 is 19.7 Å². The number of methoxy groups -OCH3 is 2. The molecule has 0 bridgehead atoms. The Morgan fingerprint density at radius 2 is 1.61 bits per heavy atom. The largest absolute Gasteiger partial charge is 0.493 e. The van der Waals surface area contributed by atoms with Crippen molar-refractivity contribution in [2.24, 2.45) is 4.99 Å². The maximum Gasteiger partial charge on any atom is 0.161 e. The van der Waals surface area contributed by atoms with E-state index in [2.05, 4.69) is 63.2 Å². The molecule has 2 aromatic carbocycles. The second-order valence-electron chi connectivity index (χ2n) is 7.28. The lowest BCUT2D eigenvalue weighted by Gasteiger charge is -2.34. The Hall–Kier alpha value is -2.95. The maximum absolute atomic E-state index is 5.46. The van der Waals surface area contributed by atoms with Crippen LogP contribution in [0, 0.1) is 20.8 Å². The van der Waals surface area contributed by atoms with E-state index in [-0.39, 0.29) is 6.17 Å². The number of aliphatic imine (C=N–C) groups is 1. The van der Waals surface area contributed by atoms with E-state index >= 15 is 0 Å². The van der Waals surface area contributed by atoms with Crippen LogP contribution in [0.3, 0.4) is 0 Å². The normalized spacial score (nSPS) is 18.0. The van der Waals surface area contributed by atoms with Crippen molar-refractivity contribution in [3.8, 4) is 11.5 Å². The summed E-state index contributed by atoms with van der Waals surface area (Å²) in [5, 5.41) is 3.54. The van der Waals surface area contributed by atoms with Gasteiger partial charge >= 0.3 is 0 Å². The molecular weight excluding hydrogens is 350 g/mol. The summed E-state index contributed by atoms with van der Waals surface area (Å²) in [6, 6.07) is 10.3. The molecule has 2 aromatic rings. The molecule has 1 aliphatic heterocycles. The van der Waals surface area contributed by atoms with Gasteiger partial charge in [-0.2, -0.15) is 0 Å². The molecule has 0 radical (unpaired) electrons. The van der Waals surface area contributed by atoms with Gasteiger partial charge in [0.25, 0.3) is 0 Å². The minimum absolute atomic E-state index is 0.109. The van der Waals surface area contributed by atoms with Crippen LogP contribution in [0.1, 0.15) is 29.2 Å². The third-order valence-electron chi connectivity index (χ3n) is 5.14. The number of nitrogens with one attached hydrogen (secondary N) is 1. The zero-order valence-electron chi connectivity index (χ0n) is 17.8. The molecule has 0 fully saturated rings.